The average molecular weight is 385 g/mol. The number of nitrogens with one attached hydrogen (secondary N) is 1. The van der Waals surface area contributed by atoms with Crippen molar-refractivity contribution in [2.24, 2.45) is 16.6 Å². The molecular weight excluding hydrogens is 365 g/mol. The van der Waals surface area contributed by atoms with Crippen molar-refractivity contribution in [3.63, 3.8) is 0 Å². The molecule has 1 saturated carbocycles. The summed E-state index contributed by atoms with van der Waals surface area (Å²) in [6.45, 7) is 3.76. The van der Waals surface area contributed by atoms with Gasteiger partial charge in [-0.1, -0.05) is 0 Å². The lowest BCUT2D eigenvalue weighted by Crippen LogP contribution is -2.40. The van der Waals surface area contributed by atoms with Gasteiger partial charge in [0.25, 0.3) is 11.9 Å². The van der Waals surface area contributed by atoms with Crippen molar-refractivity contribution in [1.29, 1.82) is 0 Å². The first-order valence-corrected chi connectivity index (χ1v) is 8.77. The molecule has 2 aromatic rings. The van der Waals surface area contributed by atoms with E-state index in [1.54, 1.807) is 6.07 Å². The highest BCUT2D eigenvalue weighted by Gasteiger charge is 2.65. The molecule has 1 aliphatic carbocycles. The van der Waals surface area contributed by atoms with Crippen molar-refractivity contribution in [2.75, 3.05) is 12.4 Å². The molecule has 0 spiro atoms. The first-order chi connectivity index (χ1) is 13.2. The van der Waals surface area contributed by atoms with Gasteiger partial charge < -0.3 is 20.5 Å². The van der Waals surface area contributed by atoms with Gasteiger partial charge in [-0.25, -0.2) is 19.4 Å². The molecule has 3 atom stereocenters. The Hall–Kier alpha value is -3.23. The first kappa shape index (κ1) is 18.1. The summed E-state index contributed by atoms with van der Waals surface area (Å²) in [6.07, 6.45) is 3.38. The highest BCUT2D eigenvalue weighted by atomic mass is 19.1. The number of aliphatic imine (C=N–C) groups is 1. The number of amides is 1. The number of fused-ring (bicyclic) bond motifs is 1. The average Bonchev–Trinajstić information content (AvgIpc) is 3.35. The fourth-order valence-electron chi connectivity index (χ4n) is 3.79. The van der Waals surface area contributed by atoms with Crippen molar-refractivity contribution < 1.29 is 18.7 Å². The highest BCUT2D eigenvalue weighted by molar-refractivity contribution is 6.02. The topological polar surface area (TPSA) is 112 Å². The normalized spacial score (nSPS) is 27.9. The Morgan fingerprint density at radius 1 is 1.36 bits per heavy atom. The molecule has 28 heavy (non-hydrogen) atoms. The maximum Gasteiger partial charge on any atom is 0.283 e. The van der Waals surface area contributed by atoms with Gasteiger partial charge in [-0.2, -0.15) is 0 Å². The van der Waals surface area contributed by atoms with Crippen LogP contribution >= 0.6 is 0 Å². The zero-order chi connectivity index (χ0) is 20.1. The summed E-state index contributed by atoms with van der Waals surface area (Å²) < 4.78 is 25.2. The molecule has 1 unspecified atom stereocenters. The molecule has 0 bridgehead atoms. The second kappa shape index (κ2) is 6.15. The number of amidine groups is 1. The molecule has 1 fully saturated rings. The summed E-state index contributed by atoms with van der Waals surface area (Å²) in [7, 11) is 1.46. The lowest BCUT2D eigenvalue weighted by molar-refractivity contribution is 0.102. The van der Waals surface area contributed by atoms with E-state index in [1.807, 2.05) is 13.8 Å². The Morgan fingerprint density at radius 3 is 2.82 bits per heavy atom. The first-order valence-electron chi connectivity index (χ1n) is 8.77. The number of hydrogen-bond donors (Lipinski definition) is 2. The molecule has 8 nitrogen and oxygen atoms in total. The minimum absolute atomic E-state index is 0.000191. The van der Waals surface area contributed by atoms with Crippen LogP contribution in [0.25, 0.3) is 0 Å². The van der Waals surface area contributed by atoms with Gasteiger partial charge >= 0.3 is 0 Å². The fraction of sp³-hybridized carbons (Fsp3) is 0.368. The summed E-state index contributed by atoms with van der Waals surface area (Å²) in [5, 5.41) is 2.71. The monoisotopic (exact) mass is 385 g/mol. The van der Waals surface area contributed by atoms with E-state index in [0.717, 1.165) is 6.42 Å². The van der Waals surface area contributed by atoms with Crippen LogP contribution in [0.15, 0.2) is 35.6 Å². The molecule has 1 aromatic heterocycles. The lowest BCUT2D eigenvalue weighted by atomic mass is 9.84. The quantitative estimate of drug-likeness (QED) is 0.835. The minimum Gasteiger partial charge on any atom is -0.480 e. The van der Waals surface area contributed by atoms with E-state index in [2.05, 4.69) is 20.3 Å². The number of methoxy groups -OCH3 is 1. The maximum absolute atomic E-state index is 14.7. The molecule has 2 heterocycles. The Bertz CT molecular complexity index is 980. The Kier molecular flexibility index (Phi) is 3.99. The number of ether oxygens (including phenoxy) is 2. The Labute approximate surface area is 161 Å². The number of nitrogens with zero attached hydrogens (tertiary/aromatic N) is 3. The van der Waals surface area contributed by atoms with Gasteiger partial charge in [-0.3, -0.25) is 4.79 Å². The number of halogens is 1. The number of hydrogen-bond acceptors (Lipinski definition) is 7. The summed E-state index contributed by atoms with van der Waals surface area (Å²) >= 11 is 0. The van der Waals surface area contributed by atoms with Gasteiger partial charge in [0.2, 0.25) is 5.88 Å². The molecule has 3 N–H and O–H groups in total. The van der Waals surface area contributed by atoms with Crippen molar-refractivity contribution in [1.82, 2.24) is 9.97 Å². The third-order valence-electron chi connectivity index (χ3n) is 5.38. The lowest BCUT2D eigenvalue weighted by Gasteiger charge is -2.33. The molecular formula is C19H20FN5O3. The van der Waals surface area contributed by atoms with Crippen molar-refractivity contribution in [3.05, 3.63) is 47.7 Å². The molecule has 1 amide bonds. The summed E-state index contributed by atoms with van der Waals surface area (Å²) in [5.41, 5.74) is 5.40. The number of aromatic nitrogens is 2. The minimum atomic E-state index is -0.873. The van der Waals surface area contributed by atoms with E-state index in [4.69, 9.17) is 15.2 Å². The molecule has 9 heteroatoms. The summed E-state index contributed by atoms with van der Waals surface area (Å²) in [6, 6.07) is 4.40. The van der Waals surface area contributed by atoms with Crippen LogP contribution in [0.4, 0.5) is 10.1 Å². The van der Waals surface area contributed by atoms with E-state index in [1.165, 1.54) is 31.6 Å². The zero-order valence-corrected chi connectivity index (χ0v) is 15.7. The molecule has 4 rings (SSSR count). The SMILES string of the molecule is COc1cnc(C(=O)Nc2ccc(F)c([C@]3(C)N=C(N)OC4(C)C[C@@H]43)c2)cn1. The number of benzene rings is 1. The van der Waals surface area contributed by atoms with Gasteiger partial charge in [0, 0.05) is 17.2 Å². The van der Waals surface area contributed by atoms with Crippen molar-refractivity contribution in [2.45, 2.75) is 31.4 Å². The Balaban J connectivity index is 1.62. The summed E-state index contributed by atoms with van der Waals surface area (Å²) in [5.74, 6) is -0.585. The van der Waals surface area contributed by atoms with Crippen LogP contribution in [-0.4, -0.2) is 34.6 Å². The molecule has 0 radical (unpaired) electrons. The second-order valence-corrected chi connectivity index (χ2v) is 7.36. The van der Waals surface area contributed by atoms with Gasteiger partial charge in [0.15, 0.2) is 0 Å². The second-order valence-electron chi connectivity index (χ2n) is 7.36. The van der Waals surface area contributed by atoms with Crippen LogP contribution in [0, 0.1) is 11.7 Å². The largest absolute Gasteiger partial charge is 0.480 e. The number of rotatable bonds is 4. The van der Waals surface area contributed by atoms with Crippen LogP contribution in [0.3, 0.4) is 0 Å². The fourth-order valence-corrected chi connectivity index (χ4v) is 3.79. The molecule has 1 aliphatic heterocycles. The van der Waals surface area contributed by atoms with E-state index in [-0.39, 0.29) is 17.6 Å². The van der Waals surface area contributed by atoms with Crippen molar-refractivity contribution >= 4 is 17.6 Å². The Morgan fingerprint density at radius 2 is 2.14 bits per heavy atom. The third kappa shape index (κ3) is 2.92. The van der Waals surface area contributed by atoms with Crippen LogP contribution in [0.2, 0.25) is 0 Å². The molecule has 1 aromatic carbocycles. The van der Waals surface area contributed by atoms with E-state index in [9.17, 15) is 9.18 Å². The van der Waals surface area contributed by atoms with E-state index >= 15 is 0 Å². The zero-order valence-electron chi connectivity index (χ0n) is 15.7. The third-order valence-corrected chi connectivity index (χ3v) is 5.38. The molecule has 0 saturated heterocycles. The van der Waals surface area contributed by atoms with Crippen LogP contribution in [0.5, 0.6) is 5.88 Å². The highest BCUT2D eigenvalue weighted by Crippen LogP contribution is 2.60. The number of carbonyl (C=O) groups excluding carboxylic acids is 1. The van der Waals surface area contributed by atoms with Gasteiger partial charge in [-0.05, 0) is 38.5 Å². The van der Waals surface area contributed by atoms with E-state index < -0.39 is 22.9 Å². The summed E-state index contributed by atoms with van der Waals surface area (Å²) in [4.78, 5) is 24.8. The van der Waals surface area contributed by atoms with Crippen molar-refractivity contribution in [3.8, 4) is 5.88 Å². The smallest absolute Gasteiger partial charge is 0.283 e. The number of nitrogens with two attached hydrogens (primary N) is 1. The molecule has 2 aliphatic rings. The van der Waals surface area contributed by atoms with Crippen LogP contribution in [0.1, 0.15) is 36.3 Å². The predicted molar refractivity (Wildman–Crippen MR) is 99.5 cm³/mol. The van der Waals surface area contributed by atoms with Crippen LogP contribution < -0.4 is 15.8 Å². The van der Waals surface area contributed by atoms with Gasteiger partial charge in [0.05, 0.1) is 25.0 Å². The number of carbonyl (C=O) groups is 1. The maximum atomic E-state index is 14.7. The number of anilines is 1. The van der Waals surface area contributed by atoms with Crippen LogP contribution in [-0.2, 0) is 10.3 Å². The standard InChI is InChI=1S/C19H20FN5O3/c1-18-7-14(18)19(2,25-17(21)28-18)11-6-10(4-5-12(11)20)24-16(26)13-8-23-15(27-3)9-22-13/h4-6,8-9,14H,7H2,1-3H3,(H2,21,25)(H,24,26)/t14-,18?,19-/m0/s1. The predicted octanol–water partition coefficient (Wildman–Crippen LogP) is 2.22. The van der Waals surface area contributed by atoms with Gasteiger partial charge in [0.1, 0.15) is 17.1 Å². The van der Waals surface area contributed by atoms with Gasteiger partial charge in [-0.15, -0.1) is 0 Å². The van der Waals surface area contributed by atoms with E-state index in [0.29, 0.717) is 17.1 Å². The molecule has 146 valence electrons.